The van der Waals surface area contributed by atoms with Crippen molar-refractivity contribution in [3.05, 3.63) is 35.6 Å². The number of nitrogens with one attached hydrogen (secondary N) is 1. The van der Waals surface area contributed by atoms with Gasteiger partial charge in [0.25, 0.3) is 0 Å². The lowest BCUT2D eigenvalue weighted by Crippen LogP contribution is -2.56. The third kappa shape index (κ3) is 5.53. The van der Waals surface area contributed by atoms with Crippen LogP contribution in [0.1, 0.15) is 33.3 Å². The Bertz CT molecular complexity index is 617. The van der Waals surface area contributed by atoms with Crippen molar-refractivity contribution in [2.24, 2.45) is 5.41 Å². The standard InChI is InChI=1S/C20H30FN3O2/c1-15(18(25)22-10-9-16-5-7-17(21)8-6-16)23-11-13-24(14-12-23)19(26)20(2,3)4/h5-8,15H,9-14H2,1-4H3,(H,22,25). The van der Waals surface area contributed by atoms with Crippen molar-refractivity contribution >= 4 is 11.8 Å². The number of amides is 2. The van der Waals surface area contributed by atoms with Crippen LogP contribution in [0.4, 0.5) is 4.39 Å². The van der Waals surface area contributed by atoms with Crippen molar-refractivity contribution in [2.75, 3.05) is 32.7 Å². The number of nitrogens with zero attached hydrogens (tertiary/aromatic N) is 2. The molecule has 26 heavy (non-hydrogen) atoms. The van der Waals surface area contributed by atoms with E-state index in [0.29, 0.717) is 39.1 Å². The average Bonchev–Trinajstić information content (AvgIpc) is 2.61. The molecule has 1 aliphatic rings. The van der Waals surface area contributed by atoms with Crippen LogP contribution in [0.2, 0.25) is 0 Å². The summed E-state index contributed by atoms with van der Waals surface area (Å²) in [6.45, 7) is 10.9. The van der Waals surface area contributed by atoms with E-state index in [4.69, 9.17) is 0 Å². The largest absolute Gasteiger partial charge is 0.354 e. The maximum atomic E-state index is 12.9. The lowest BCUT2D eigenvalue weighted by atomic mass is 9.94. The van der Waals surface area contributed by atoms with E-state index in [-0.39, 0.29) is 29.1 Å². The Morgan fingerprint density at radius 3 is 2.23 bits per heavy atom. The van der Waals surface area contributed by atoms with Gasteiger partial charge < -0.3 is 10.2 Å². The van der Waals surface area contributed by atoms with E-state index < -0.39 is 0 Å². The van der Waals surface area contributed by atoms with E-state index in [1.165, 1.54) is 12.1 Å². The zero-order valence-corrected chi connectivity index (χ0v) is 16.2. The second kappa shape index (κ2) is 8.62. The topological polar surface area (TPSA) is 52.7 Å². The van der Waals surface area contributed by atoms with Gasteiger partial charge in [-0.25, -0.2) is 4.39 Å². The molecule has 2 amide bonds. The summed E-state index contributed by atoms with van der Waals surface area (Å²) in [5, 5.41) is 2.95. The molecule has 144 valence electrons. The first-order valence-electron chi connectivity index (χ1n) is 9.24. The Morgan fingerprint density at radius 1 is 1.12 bits per heavy atom. The van der Waals surface area contributed by atoms with Crippen molar-refractivity contribution < 1.29 is 14.0 Å². The van der Waals surface area contributed by atoms with Crippen molar-refractivity contribution in [1.29, 1.82) is 0 Å². The molecule has 1 aromatic rings. The van der Waals surface area contributed by atoms with Crippen molar-refractivity contribution in [3.8, 4) is 0 Å². The Balaban J connectivity index is 1.75. The third-order valence-corrected chi connectivity index (χ3v) is 4.80. The zero-order valence-electron chi connectivity index (χ0n) is 16.2. The normalized spacial score (nSPS) is 17.0. The minimum Gasteiger partial charge on any atom is -0.354 e. The number of halogens is 1. The number of rotatable bonds is 5. The predicted molar refractivity (Wildman–Crippen MR) is 100 cm³/mol. The van der Waals surface area contributed by atoms with Gasteiger partial charge in [-0.2, -0.15) is 0 Å². The maximum Gasteiger partial charge on any atom is 0.237 e. The number of piperazine rings is 1. The first-order valence-corrected chi connectivity index (χ1v) is 9.24. The molecule has 1 aromatic carbocycles. The molecule has 5 nitrogen and oxygen atoms in total. The fourth-order valence-corrected chi connectivity index (χ4v) is 3.08. The highest BCUT2D eigenvalue weighted by Crippen LogP contribution is 2.19. The first-order chi connectivity index (χ1) is 12.2. The van der Waals surface area contributed by atoms with Crippen LogP contribution in [0.5, 0.6) is 0 Å². The molecular weight excluding hydrogens is 333 g/mol. The average molecular weight is 363 g/mol. The molecule has 1 fully saturated rings. The van der Waals surface area contributed by atoms with Crippen LogP contribution >= 0.6 is 0 Å². The highest BCUT2D eigenvalue weighted by Gasteiger charge is 2.31. The van der Waals surface area contributed by atoms with Gasteiger partial charge in [0, 0.05) is 38.1 Å². The molecular formula is C20H30FN3O2. The van der Waals surface area contributed by atoms with Gasteiger partial charge in [-0.3, -0.25) is 14.5 Å². The van der Waals surface area contributed by atoms with Gasteiger partial charge in [0.1, 0.15) is 5.82 Å². The number of carbonyl (C=O) groups is 2. The van der Waals surface area contributed by atoms with E-state index in [9.17, 15) is 14.0 Å². The van der Waals surface area contributed by atoms with Crippen LogP contribution in [0.15, 0.2) is 24.3 Å². The summed E-state index contributed by atoms with van der Waals surface area (Å²) in [6, 6.07) is 6.10. The fraction of sp³-hybridized carbons (Fsp3) is 0.600. The van der Waals surface area contributed by atoms with Gasteiger partial charge in [0.2, 0.25) is 11.8 Å². The van der Waals surface area contributed by atoms with Crippen LogP contribution < -0.4 is 5.32 Å². The summed E-state index contributed by atoms with van der Waals surface area (Å²) in [7, 11) is 0. The van der Waals surface area contributed by atoms with Gasteiger partial charge in [0.15, 0.2) is 0 Å². The van der Waals surface area contributed by atoms with Crippen LogP contribution in [-0.2, 0) is 16.0 Å². The Kier molecular flexibility index (Phi) is 6.75. The Labute approximate surface area is 155 Å². The third-order valence-electron chi connectivity index (χ3n) is 4.80. The van der Waals surface area contributed by atoms with Gasteiger partial charge in [-0.15, -0.1) is 0 Å². The van der Waals surface area contributed by atoms with E-state index in [2.05, 4.69) is 10.2 Å². The molecule has 1 heterocycles. The SMILES string of the molecule is CC(C(=O)NCCc1ccc(F)cc1)N1CCN(C(=O)C(C)(C)C)CC1. The zero-order chi connectivity index (χ0) is 19.3. The summed E-state index contributed by atoms with van der Waals surface area (Å²) >= 11 is 0. The second-order valence-corrected chi connectivity index (χ2v) is 7.92. The number of carbonyl (C=O) groups excluding carboxylic acids is 2. The molecule has 0 aromatic heterocycles. The highest BCUT2D eigenvalue weighted by atomic mass is 19.1. The summed E-state index contributed by atoms with van der Waals surface area (Å²) < 4.78 is 12.9. The monoisotopic (exact) mass is 363 g/mol. The molecule has 0 aliphatic carbocycles. The van der Waals surface area contributed by atoms with Gasteiger partial charge in [-0.1, -0.05) is 32.9 Å². The number of benzene rings is 1. The first kappa shape index (κ1) is 20.4. The lowest BCUT2D eigenvalue weighted by molar-refractivity contribution is -0.142. The van der Waals surface area contributed by atoms with Crippen molar-refractivity contribution in [2.45, 2.75) is 40.2 Å². The highest BCUT2D eigenvalue weighted by molar-refractivity contribution is 5.82. The Hall–Kier alpha value is -1.95. The molecule has 0 saturated carbocycles. The Morgan fingerprint density at radius 2 is 1.69 bits per heavy atom. The van der Waals surface area contributed by atoms with E-state index in [0.717, 1.165) is 5.56 Å². The molecule has 0 radical (unpaired) electrons. The predicted octanol–water partition coefficient (Wildman–Crippen LogP) is 2.06. The van der Waals surface area contributed by atoms with Crippen LogP contribution in [0, 0.1) is 11.2 Å². The van der Waals surface area contributed by atoms with E-state index >= 15 is 0 Å². The summed E-state index contributed by atoms with van der Waals surface area (Å²) in [6.07, 6.45) is 0.673. The minimum absolute atomic E-state index is 0.0114. The second-order valence-electron chi connectivity index (χ2n) is 7.92. The van der Waals surface area contributed by atoms with E-state index in [1.807, 2.05) is 32.6 Å². The van der Waals surface area contributed by atoms with E-state index in [1.54, 1.807) is 12.1 Å². The molecule has 0 bridgehead atoms. The molecule has 1 saturated heterocycles. The molecule has 1 unspecified atom stereocenters. The van der Waals surface area contributed by atoms with Gasteiger partial charge in [-0.05, 0) is 31.0 Å². The van der Waals surface area contributed by atoms with Gasteiger partial charge >= 0.3 is 0 Å². The smallest absolute Gasteiger partial charge is 0.237 e. The molecule has 1 N–H and O–H groups in total. The quantitative estimate of drug-likeness (QED) is 0.871. The maximum absolute atomic E-state index is 12.9. The fourth-order valence-electron chi connectivity index (χ4n) is 3.08. The molecule has 6 heteroatoms. The molecule has 0 spiro atoms. The van der Waals surface area contributed by atoms with Crippen LogP contribution in [0.25, 0.3) is 0 Å². The molecule has 1 aliphatic heterocycles. The molecule has 2 rings (SSSR count). The van der Waals surface area contributed by atoms with Gasteiger partial charge in [0.05, 0.1) is 6.04 Å². The summed E-state index contributed by atoms with van der Waals surface area (Å²) in [4.78, 5) is 28.7. The lowest BCUT2D eigenvalue weighted by Gasteiger charge is -2.39. The summed E-state index contributed by atoms with van der Waals surface area (Å²) in [5.74, 6) is -0.105. The number of hydrogen-bond donors (Lipinski definition) is 1. The van der Waals surface area contributed by atoms with Crippen LogP contribution in [-0.4, -0.2) is 60.4 Å². The minimum atomic E-state index is -0.370. The van der Waals surface area contributed by atoms with Crippen molar-refractivity contribution in [1.82, 2.24) is 15.1 Å². The molecule has 1 atom stereocenters. The summed E-state index contributed by atoms with van der Waals surface area (Å²) in [5.41, 5.74) is 0.625. The van der Waals surface area contributed by atoms with Crippen LogP contribution in [0.3, 0.4) is 0 Å². The van der Waals surface area contributed by atoms with Crippen molar-refractivity contribution in [3.63, 3.8) is 0 Å². The number of hydrogen-bond acceptors (Lipinski definition) is 3.